The Morgan fingerprint density at radius 2 is 1.89 bits per heavy atom. The van der Waals surface area contributed by atoms with Crippen LogP contribution < -0.4 is 11.1 Å². The SMILES string of the molecule is Cc1sc(NC(=O)CCC(=O)O)c(C(N)=O)c1C. The molecule has 0 bridgehead atoms. The summed E-state index contributed by atoms with van der Waals surface area (Å²) in [4.78, 5) is 34.0. The highest BCUT2D eigenvalue weighted by atomic mass is 32.1. The molecule has 1 aromatic rings. The van der Waals surface area contributed by atoms with E-state index < -0.39 is 17.8 Å². The Kier molecular flexibility index (Phi) is 4.43. The van der Waals surface area contributed by atoms with E-state index >= 15 is 0 Å². The van der Waals surface area contributed by atoms with Crippen LogP contribution in [0.3, 0.4) is 0 Å². The molecule has 1 rings (SSSR count). The van der Waals surface area contributed by atoms with Crippen LogP contribution in [-0.4, -0.2) is 22.9 Å². The predicted molar refractivity (Wildman–Crippen MR) is 67.8 cm³/mol. The molecule has 0 radical (unpaired) electrons. The van der Waals surface area contributed by atoms with Crippen LogP contribution in [0.25, 0.3) is 0 Å². The number of aliphatic carboxylic acids is 1. The monoisotopic (exact) mass is 270 g/mol. The number of carbonyl (C=O) groups excluding carboxylic acids is 2. The average molecular weight is 270 g/mol. The second kappa shape index (κ2) is 5.63. The van der Waals surface area contributed by atoms with Crippen LogP contribution in [0, 0.1) is 13.8 Å². The van der Waals surface area contributed by atoms with E-state index in [-0.39, 0.29) is 12.8 Å². The maximum absolute atomic E-state index is 11.5. The Bertz CT molecular complexity index is 507. The van der Waals surface area contributed by atoms with Crippen LogP contribution >= 0.6 is 11.3 Å². The van der Waals surface area contributed by atoms with Gasteiger partial charge in [0.1, 0.15) is 5.00 Å². The van der Waals surface area contributed by atoms with Crippen molar-refractivity contribution in [1.82, 2.24) is 0 Å². The van der Waals surface area contributed by atoms with E-state index in [1.807, 2.05) is 6.92 Å². The van der Waals surface area contributed by atoms with E-state index in [1.165, 1.54) is 11.3 Å². The summed E-state index contributed by atoms with van der Waals surface area (Å²) in [5.41, 5.74) is 6.28. The van der Waals surface area contributed by atoms with E-state index in [0.717, 1.165) is 10.4 Å². The smallest absolute Gasteiger partial charge is 0.303 e. The van der Waals surface area contributed by atoms with E-state index in [9.17, 15) is 14.4 Å². The van der Waals surface area contributed by atoms with Crippen molar-refractivity contribution in [3.8, 4) is 0 Å². The number of anilines is 1. The average Bonchev–Trinajstić information content (AvgIpc) is 2.51. The van der Waals surface area contributed by atoms with Crippen LogP contribution in [0.4, 0.5) is 5.00 Å². The third kappa shape index (κ3) is 3.30. The van der Waals surface area contributed by atoms with E-state index in [2.05, 4.69) is 5.32 Å². The molecule has 1 aromatic heterocycles. The molecule has 6 nitrogen and oxygen atoms in total. The lowest BCUT2D eigenvalue weighted by Gasteiger charge is -2.03. The zero-order valence-electron chi connectivity index (χ0n) is 10.1. The zero-order chi connectivity index (χ0) is 13.9. The summed E-state index contributed by atoms with van der Waals surface area (Å²) in [5, 5.41) is 11.4. The van der Waals surface area contributed by atoms with E-state index in [0.29, 0.717) is 10.6 Å². The molecular formula is C11H14N2O4S. The maximum Gasteiger partial charge on any atom is 0.303 e. The maximum atomic E-state index is 11.5. The van der Waals surface area contributed by atoms with Crippen molar-refractivity contribution >= 4 is 34.1 Å². The standard InChI is InChI=1S/C11H14N2O4S/c1-5-6(2)18-11(9(5)10(12)17)13-7(14)3-4-8(15)16/h3-4H2,1-2H3,(H2,12,17)(H,13,14)(H,15,16). The lowest BCUT2D eigenvalue weighted by atomic mass is 10.1. The number of rotatable bonds is 5. The van der Waals surface area contributed by atoms with Gasteiger partial charge in [0.05, 0.1) is 12.0 Å². The quantitative estimate of drug-likeness (QED) is 0.748. The first kappa shape index (κ1) is 14.2. The molecule has 0 saturated heterocycles. The summed E-state index contributed by atoms with van der Waals surface area (Å²) in [7, 11) is 0. The first-order chi connectivity index (χ1) is 8.32. The number of nitrogens with two attached hydrogens (primary N) is 1. The van der Waals surface area contributed by atoms with Gasteiger partial charge in [-0.25, -0.2) is 0 Å². The molecule has 1 heterocycles. The van der Waals surface area contributed by atoms with Crippen molar-refractivity contribution in [3.05, 3.63) is 16.0 Å². The number of thiophene rings is 1. The van der Waals surface area contributed by atoms with Gasteiger partial charge in [-0.3, -0.25) is 14.4 Å². The molecule has 0 saturated carbocycles. The fraction of sp³-hybridized carbons (Fsp3) is 0.364. The zero-order valence-corrected chi connectivity index (χ0v) is 10.9. The molecule has 0 aliphatic carbocycles. The third-order valence-corrected chi connectivity index (χ3v) is 3.57. The molecule has 0 aliphatic heterocycles. The number of amides is 2. The molecule has 18 heavy (non-hydrogen) atoms. The molecule has 0 unspecified atom stereocenters. The summed E-state index contributed by atoms with van der Waals surface area (Å²) in [5.74, 6) is -2.09. The molecule has 98 valence electrons. The van der Waals surface area contributed by atoms with Gasteiger partial charge in [-0.15, -0.1) is 11.3 Å². The normalized spacial score (nSPS) is 10.1. The van der Waals surface area contributed by atoms with Crippen LogP contribution in [0.1, 0.15) is 33.6 Å². The third-order valence-electron chi connectivity index (χ3n) is 2.45. The van der Waals surface area contributed by atoms with Gasteiger partial charge in [-0.2, -0.15) is 0 Å². The Balaban J connectivity index is 2.84. The van der Waals surface area contributed by atoms with Gasteiger partial charge in [-0.1, -0.05) is 0 Å². The van der Waals surface area contributed by atoms with Gasteiger partial charge < -0.3 is 16.2 Å². The highest BCUT2D eigenvalue weighted by molar-refractivity contribution is 7.16. The summed E-state index contributed by atoms with van der Waals surface area (Å²) >= 11 is 1.25. The van der Waals surface area contributed by atoms with Crippen molar-refractivity contribution in [1.29, 1.82) is 0 Å². The van der Waals surface area contributed by atoms with Gasteiger partial charge in [0.15, 0.2) is 0 Å². The Morgan fingerprint density at radius 3 is 2.39 bits per heavy atom. The van der Waals surface area contributed by atoms with Crippen LogP contribution in [0.15, 0.2) is 0 Å². The largest absolute Gasteiger partial charge is 0.481 e. The van der Waals surface area contributed by atoms with Gasteiger partial charge in [0, 0.05) is 11.3 Å². The first-order valence-corrected chi connectivity index (χ1v) is 6.06. The Labute approximate surface area is 108 Å². The number of carboxylic acids is 1. The lowest BCUT2D eigenvalue weighted by molar-refractivity contribution is -0.138. The number of hydrogen-bond donors (Lipinski definition) is 3. The Morgan fingerprint density at radius 1 is 1.28 bits per heavy atom. The molecule has 0 aromatic carbocycles. The minimum Gasteiger partial charge on any atom is -0.481 e. The number of carbonyl (C=O) groups is 3. The molecule has 2 amide bonds. The van der Waals surface area contributed by atoms with Gasteiger partial charge in [0.2, 0.25) is 5.91 Å². The Hall–Kier alpha value is -1.89. The first-order valence-electron chi connectivity index (χ1n) is 5.24. The lowest BCUT2D eigenvalue weighted by Crippen LogP contribution is -2.17. The topological polar surface area (TPSA) is 109 Å². The second-order valence-electron chi connectivity index (χ2n) is 3.79. The van der Waals surface area contributed by atoms with Gasteiger partial charge in [-0.05, 0) is 19.4 Å². The summed E-state index contributed by atoms with van der Waals surface area (Å²) in [6.45, 7) is 3.57. The minimum absolute atomic E-state index is 0.135. The molecule has 4 N–H and O–H groups in total. The van der Waals surface area contributed by atoms with Crippen molar-refractivity contribution in [3.63, 3.8) is 0 Å². The number of nitrogens with one attached hydrogen (secondary N) is 1. The predicted octanol–water partition coefficient (Wildman–Crippen LogP) is 1.27. The van der Waals surface area contributed by atoms with Crippen molar-refractivity contribution < 1.29 is 19.5 Å². The van der Waals surface area contributed by atoms with E-state index in [4.69, 9.17) is 10.8 Å². The summed E-state index contributed by atoms with van der Waals surface area (Å²) in [6, 6.07) is 0. The number of hydrogen-bond acceptors (Lipinski definition) is 4. The summed E-state index contributed by atoms with van der Waals surface area (Å²) < 4.78 is 0. The highest BCUT2D eigenvalue weighted by Gasteiger charge is 2.18. The summed E-state index contributed by atoms with van der Waals surface area (Å²) in [6.07, 6.45) is -0.384. The van der Waals surface area contributed by atoms with Crippen LogP contribution in [0.2, 0.25) is 0 Å². The minimum atomic E-state index is -1.04. The van der Waals surface area contributed by atoms with E-state index in [1.54, 1.807) is 6.92 Å². The van der Waals surface area contributed by atoms with Crippen LogP contribution in [0.5, 0.6) is 0 Å². The molecule has 7 heteroatoms. The van der Waals surface area contributed by atoms with Crippen LogP contribution in [-0.2, 0) is 9.59 Å². The van der Waals surface area contributed by atoms with Crippen molar-refractivity contribution in [2.75, 3.05) is 5.32 Å². The van der Waals surface area contributed by atoms with Crippen molar-refractivity contribution in [2.24, 2.45) is 5.73 Å². The molecule has 0 fully saturated rings. The molecule has 0 spiro atoms. The molecular weight excluding hydrogens is 256 g/mol. The highest BCUT2D eigenvalue weighted by Crippen LogP contribution is 2.32. The number of carboxylic acid groups (broad SMARTS) is 1. The van der Waals surface area contributed by atoms with Crippen molar-refractivity contribution in [2.45, 2.75) is 26.7 Å². The van der Waals surface area contributed by atoms with Gasteiger partial charge in [0.25, 0.3) is 5.91 Å². The molecule has 0 atom stereocenters. The second-order valence-corrected chi connectivity index (χ2v) is 5.02. The number of primary amides is 1. The fourth-order valence-electron chi connectivity index (χ4n) is 1.42. The van der Waals surface area contributed by atoms with Gasteiger partial charge >= 0.3 is 5.97 Å². The fourth-order valence-corrected chi connectivity index (χ4v) is 2.50. The number of aryl methyl sites for hydroxylation is 1. The molecule has 0 aliphatic rings.